The predicted octanol–water partition coefficient (Wildman–Crippen LogP) is 5.70. The van der Waals surface area contributed by atoms with E-state index in [4.69, 9.17) is 17.3 Å². The van der Waals surface area contributed by atoms with Gasteiger partial charge in [-0.1, -0.05) is 41.9 Å². The van der Waals surface area contributed by atoms with Crippen molar-refractivity contribution in [3.8, 4) is 0 Å². The van der Waals surface area contributed by atoms with Crippen molar-refractivity contribution in [3.05, 3.63) is 88.2 Å². The summed E-state index contributed by atoms with van der Waals surface area (Å²) in [5.74, 6) is -0.357. The van der Waals surface area contributed by atoms with Crippen molar-refractivity contribution in [3.63, 3.8) is 0 Å². The first-order valence-electron chi connectivity index (χ1n) is 7.68. The summed E-state index contributed by atoms with van der Waals surface area (Å²) in [4.78, 5) is 0. The quantitative estimate of drug-likeness (QED) is 0.597. The molecule has 0 atom stereocenters. The Morgan fingerprint density at radius 1 is 1.00 bits per heavy atom. The van der Waals surface area contributed by atoms with Gasteiger partial charge in [-0.05, 0) is 60.4 Å². The van der Waals surface area contributed by atoms with Gasteiger partial charge in [-0.3, -0.25) is 0 Å². The lowest BCUT2D eigenvalue weighted by atomic mass is 10.0. The van der Waals surface area contributed by atoms with Crippen molar-refractivity contribution in [2.75, 3.05) is 11.1 Å². The van der Waals surface area contributed by atoms with Crippen LogP contribution in [0.5, 0.6) is 0 Å². The predicted molar refractivity (Wildman–Crippen MR) is 99.5 cm³/mol. The molecule has 0 fully saturated rings. The van der Waals surface area contributed by atoms with E-state index in [1.54, 1.807) is 6.07 Å². The van der Waals surface area contributed by atoms with Gasteiger partial charge in [0.1, 0.15) is 5.82 Å². The topological polar surface area (TPSA) is 38.0 Å². The van der Waals surface area contributed by atoms with Crippen LogP contribution in [0.1, 0.15) is 16.7 Å². The summed E-state index contributed by atoms with van der Waals surface area (Å²) >= 11 is 6.43. The Balaban J connectivity index is 1.81. The minimum atomic E-state index is -0.357. The second kappa shape index (κ2) is 6.93. The molecule has 3 rings (SSSR count). The van der Waals surface area contributed by atoms with Gasteiger partial charge >= 0.3 is 0 Å². The molecule has 0 aliphatic heterocycles. The summed E-state index contributed by atoms with van der Waals surface area (Å²) < 4.78 is 13.1. The highest BCUT2D eigenvalue weighted by molar-refractivity contribution is 6.31. The molecular formula is C20H18ClFN2. The van der Waals surface area contributed by atoms with E-state index in [9.17, 15) is 4.39 Å². The van der Waals surface area contributed by atoms with Crippen LogP contribution < -0.4 is 11.1 Å². The number of anilines is 3. The fourth-order valence-corrected chi connectivity index (χ4v) is 2.83. The Hall–Kier alpha value is -2.52. The van der Waals surface area contributed by atoms with Gasteiger partial charge in [0, 0.05) is 10.7 Å². The van der Waals surface area contributed by atoms with Gasteiger partial charge in [0.05, 0.1) is 11.4 Å². The van der Waals surface area contributed by atoms with E-state index in [1.807, 2.05) is 30.3 Å². The SMILES string of the molecule is Cc1ccccc1Cc1ccc(Nc2ccc(F)cc2N)cc1Cl. The van der Waals surface area contributed by atoms with Crippen molar-refractivity contribution in [2.45, 2.75) is 13.3 Å². The first-order valence-corrected chi connectivity index (χ1v) is 8.06. The van der Waals surface area contributed by atoms with Gasteiger partial charge in [-0.25, -0.2) is 4.39 Å². The number of hydrogen-bond acceptors (Lipinski definition) is 2. The van der Waals surface area contributed by atoms with Crippen LogP contribution in [0.25, 0.3) is 0 Å². The van der Waals surface area contributed by atoms with Gasteiger partial charge < -0.3 is 11.1 Å². The maximum Gasteiger partial charge on any atom is 0.125 e. The van der Waals surface area contributed by atoms with Crippen molar-refractivity contribution < 1.29 is 4.39 Å². The third kappa shape index (κ3) is 3.69. The fraction of sp³-hybridized carbons (Fsp3) is 0.100. The first kappa shape index (κ1) is 16.3. The number of nitrogens with two attached hydrogens (primary N) is 1. The molecule has 0 aliphatic carbocycles. The molecular weight excluding hydrogens is 323 g/mol. The second-order valence-electron chi connectivity index (χ2n) is 5.77. The lowest BCUT2D eigenvalue weighted by Gasteiger charge is -2.12. The van der Waals surface area contributed by atoms with Crippen molar-refractivity contribution in [1.82, 2.24) is 0 Å². The number of rotatable bonds is 4. The highest BCUT2D eigenvalue weighted by atomic mass is 35.5. The molecule has 0 aliphatic rings. The summed E-state index contributed by atoms with van der Waals surface area (Å²) in [5.41, 5.74) is 11.2. The van der Waals surface area contributed by atoms with Gasteiger partial charge in [0.15, 0.2) is 0 Å². The second-order valence-corrected chi connectivity index (χ2v) is 6.17. The number of hydrogen-bond donors (Lipinski definition) is 2. The smallest absolute Gasteiger partial charge is 0.125 e. The number of benzene rings is 3. The molecule has 0 saturated carbocycles. The number of aryl methyl sites for hydroxylation is 1. The molecule has 4 heteroatoms. The van der Waals surface area contributed by atoms with Crippen molar-refractivity contribution in [2.24, 2.45) is 0 Å². The van der Waals surface area contributed by atoms with Crippen LogP contribution in [0.2, 0.25) is 5.02 Å². The average Bonchev–Trinajstić information content (AvgIpc) is 2.54. The summed E-state index contributed by atoms with van der Waals surface area (Å²) in [6.45, 7) is 2.09. The van der Waals surface area contributed by atoms with Crippen molar-refractivity contribution >= 4 is 28.7 Å². The van der Waals surface area contributed by atoms with E-state index in [0.717, 1.165) is 17.7 Å². The van der Waals surface area contributed by atoms with Gasteiger partial charge in [0.2, 0.25) is 0 Å². The molecule has 0 aromatic heterocycles. The molecule has 0 spiro atoms. The van der Waals surface area contributed by atoms with E-state index >= 15 is 0 Å². The zero-order valence-electron chi connectivity index (χ0n) is 13.3. The van der Waals surface area contributed by atoms with Crippen LogP contribution in [-0.4, -0.2) is 0 Å². The lowest BCUT2D eigenvalue weighted by molar-refractivity contribution is 0.628. The molecule has 0 radical (unpaired) electrons. The van der Waals surface area contributed by atoms with Crippen molar-refractivity contribution in [1.29, 1.82) is 0 Å². The fourth-order valence-electron chi connectivity index (χ4n) is 2.58. The Labute approximate surface area is 146 Å². The van der Waals surface area contributed by atoms with E-state index in [-0.39, 0.29) is 5.82 Å². The zero-order chi connectivity index (χ0) is 17.1. The average molecular weight is 341 g/mol. The molecule has 0 unspecified atom stereocenters. The Kier molecular flexibility index (Phi) is 4.72. The largest absolute Gasteiger partial charge is 0.397 e. The third-order valence-electron chi connectivity index (χ3n) is 3.99. The molecule has 3 N–H and O–H groups in total. The normalized spacial score (nSPS) is 10.6. The van der Waals surface area contributed by atoms with E-state index in [0.29, 0.717) is 16.4 Å². The molecule has 0 amide bonds. The number of nitrogen functional groups attached to an aromatic ring is 1. The monoisotopic (exact) mass is 340 g/mol. The van der Waals surface area contributed by atoms with Crippen LogP contribution in [0, 0.1) is 12.7 Å². The molecule has 3 aromatic carbocycles. The van der Waals surface area contributed by atoms with Gasteiger partial charge in [0.25, 0.3) is 0 Å². The summed E-state index contributed by atoms with van der Waals surface area (Å²) in [5, 5.41) is 3.85. The van der Waals surface area contributed by atoms with E-state index < -0.39 is 0 Å². The molecule has 3 aromatic rings. The maximum atomic E-state index is 13.1. The Morgan fingerprint density at radius 3 is 2.50 bits per heavy atom. The zero-order valence-corrected chi connectivity index (χ0v) is 14.1. The van der Waals surface area contributed by atoms with E-state index in [1.165, 1.54) is 23.3 Å². The molecule has 122 valence electrons. The highest BCUT2D eigenvalue weighted by Crippen LogP contribution is 2.28. The first-order chi connectivity index (χ1) is 11.5. The minimum absolute atomic E-state index is 0.357. The molecule has 0 heterocycles. The molecule has 24 heavy (non-hydrogen) atoms. The summed E-state index contributed by atoms with van der Waals surface area (Å²) in [6.07, 6.45) is 0.782. The Morgan fingerprint density at radius 2 is 1.79 bits per heavy atom. The van der Waals surface area contributed by atoms with Crippen LogP contribution >= 0.6 is 11.6 Å². The molecule has 2 nitrogen and oxygen atoms in total. The van der Waals surface area contributed by atoms with Crippen LogP contribution in [-0.2, 0) is 6.42 Å². The summed E-state index contributed by atoms with van der Waals surface area (Å²) in [7, 11) is 0. The van der Waals surface area contributed by atoms with Gasteiger partial charge in [-0.15, -0.1) is 0 Å². The Bertz CT molecular complexity index is 877. The maximum absolute atomic E-state index is 13.1. The lowest BCUT2D eigenvalue weighted by Crippen LogP contribution is -1.98. The standard InChI is InChI=1S/C20H18ClFN2/c1-13-4-2-3-5-14(13)10-15-6-8-17(12-18(15)21)24-20-9-7-16(22)11-19(20)23/h2-9,11-12,24H,10,23H2,1H3. The van der Waals surface area contributed by atoms with Crippen LogP contribution in [0.15, 0.2) is 60.7 Å². The number of halogens is 2. The molecule has 0 saturated heterocycles. The highest BCUT2D eigenvalue weighted by Gasteiger charge is 2.07. The summed E-state index contributed by atoms with van der Waals surface area (Å²) in [6, 6.07) is 18.3. The minimum Gasteiger partial charge on any atom is -0.397 e. The van der Waals surface area contributed by atoms with Crippen LogP contribution in [0.4, 0.5) is 21.5 Å². The van der Waals surface area contributed by atoms with Crippen LogP contribution in [0.3, 0.4) is 0 Å². The third-order valence-corrected chi connectivity index (χ3v) is 4.34. The van der Waals surface area contributed by atoms with E-state index in [2.05, 4.69) is 24.4 Å². The van der Waals surface area contributed by atoms with Gasteiger partial charge in [-0.2, -0.15) is 0 Å². The number of nitrogens with one attached hydrogen (secondary N) is 1. The molecule has 0 bridgehead atoms.